The summed E-state index contributed by atoms with van der Waals surface area (Å²) in [6, 6.07) is 0.283. The monoisotopic (exact) mass is 479 g/mol. The highest BCUT2D eigenvalue weighted by atomic mass is 19.1. The van der Waals surface area contributed by atoms with Gasteiger partial charge in [-0.3, -0.25) is 25.6 Å². The Hall–Kier alpha value is -2.53. The lowest BCUT2D eigenvalue weighted by Gasteiger charge is -2.24. The lowest BCUT2D eigenvalue weighted by atomic mass is 9.92. The Balaban J connectivity index is 1.74. The Kier molecular flexibility index (Phi) is 9.01. The van der Waals surface area contributed by atoms with Crippen molar-refractivity contribution in [1.29, 1.82) is 0 Å². The maximum Gasteiger partial charge on any atom is 0.243 e. The van der Waals surface area contributed by atoms with Crippen molar-refractivity contribution in [3.63, 3.8) is 0 Å². The van der Waals surface area contributed by atoms with E-state index >= 15 is 4.39 Å². The van der Waals surface area contributed by atoms with Gasteiger partial charge in [-0.1, -0.05) is 39.5 Å². The fourth-order valence-electron chi connectivity index (χ4n) is 5.13. The van der Waals surface area contributed by atoms with E-state index in [-0.39, 0.29) is 30.6 Å². The molecule has 2 fully saturated rings. The Morgan fingerprint density at radius 1 is 1.29 bits per heavy atom. The molecule has 1 aliphatic heterocycles. The summed E-state index contributed by atoms with van der Waals surface area (Å²) < 4.78 is 15.5. The predicted octanol–water partition coefficient (Wildman–Crippen LogP) is 2.05. The van der Waals surface area contributed by atoms with Crippen LogP contribution in [0.15, 0.2) is 0 Å². The molecule has 0 aromatic carbocycles. The van der Waals surface area contributed by atoms with Gasteiger partial charge in [-0.25, -0.2) is 15.0 Å². The number of aryl methyl sites for hydroxylation is 1. The molecule has 2 aliphatic rings. The third-order valence-electron chi connectivity index (χ3n) is 7.03. The van der Waals surface area contributed by atoms with E-state index in [1.54, 1.807) is 0 Å². The van der Waals surface area contributed by atoms with Gasteiger partial charge < -0.3 is 9.80 Å². The van der Waals surface area contributed by atoms with E-state index in [1.807, 2.05) is 25.9 Å². The summed E-state index contributed by atoms with van der Waals surface area (Å²) in [6.07, 6.45) is 5.63. The average Bonchev–Trinajstić information content (AvgIpc) is 3.47. The Morgan fingerprint density at radius 2 is 2.00 bits per heavy atom. The number of hydrogen-bond donors (Lipinski definition) is 3. The Morgan fingerprint density at radius 3 is 2.59 bits per heavy atom. The molecule has 3 rings (SSSR count). The van der Waals surface area contributed by atoms with Crippen LogP contribution in [0.2, 0.25) is 0 Å². The molecule has 1 aliphatic carbocycles. The van der Waals surface area contributed by atoms with Crippen LogP contribution < -0.4 is 15.8 Å². The van der Waals surface area contributed by atoms with Crippen LogP contribution in [-0.4, -0.2) is 77.2 Å². The summed E-state index contributed by atoms with van der Waals surface area (Å²) in [6.45, 7) is 5.23. The van der Waals surface area contributed by atoms with E-state index in [0.717, 1.165) is 25.7 Å². The molecule has 0 bridgehead atoms. The molecule has 3 atom stereocenters. The van der Waals surface area contributed by atoms with Gasteiger partial charge in [-0.05, 0) is 32.4 Å². The van der Waals surface area contributed by atoms with E-state index in [0.29, 0.717) is 48.7 Å². The first kappa shape index (κ1) is 26.1. The van der Waals surface area contributed by atoms with Crippen molar-refractivity contribution < 1.29 is 19.2 Å². The molecule has 3 N–H and O–H groups in total. The van der Waals surface area contributed by atoms with Crippen molar-refractivity contribution in [1.82, 2.24) is 25.4 Å². The third kappa shape index (κ3) is 6.32. The molecule has 34 heavy (non-hydrogen) atoms. The van der Waals surface area contributed by atoms with Gasteiger partial charge in [0.2, 0.25) is 18.1 Å². The molecule has 1 saturated carbocycles. The molecule has 11 heteroatoms. The number of hydroxylamine groups is 2. The average molecular weight is 480 g/mol. The number of hydrazine groups is 1. The molecule has 1 unspecified atom stereocenters. The van der Waals surface area contributed by atoms with Gasteiger partial charge in [0, 0.05) is 25.6 Å². The standard InChI is InChI=1S/C23H38FN7O3/c1-5-19-25-21(20(24)22(26-19)30-11-15(2)18(13-30)29(3)4)27-28-23(33)17(12-31(34)14-32)10-16-8-6-7-9-16/h14-18,34H,5-13H2,1-4H3,(H,28,33)(H,25,26,27)/t15?,17-,18-/m1/s1. The molecule has 2 heterocycles. The van der Waals surface area contributed by atoms with E-state index < -0.39 is 17.6 Å². The fraction of sp³-hybridized carbons (Fsp3) is 0.739. The van der Waals surface area contributed by atoms with Crippen LogP contribution in [0.5, 0.6) is 0 Å². The highest BCUT2D eigenvalue weighted by Gasteiger charge is 2.34. The van der Waals surface area contributed by atoms with Gasteiger partial charge in [0.05, 0.1) is 12.5 Å². The largest absolute Gasteiger partial charge is 0.352 e. The number of amides is 2. The second-order valence-electron chi connectivity index (χ2n) is 9.82. The van der Waals surface area contributed by atoms with Gasteiger partial charge in [-0.2, -0.15) is 4.39 Å². The second-order valence-corrected chi connectivity index (χ2v) is 9.82. The second kappa shape index (κ2) is 11.7. The molecule has 0 radical (unpaired) electrons. The number of anilines is 2. The lowest BCUT2D eigenvalue weighted by Crippen LogP contribution is -2.41. The molecule has 1 aromatic heterocycles. The maximum atomic E-state index is 15.5. The van der Waals surface area contributed by atoms with Crippen molar-refractivity contribution in [2.24, 2.45) is 17.8 Å². The zero-order chi connectivity index (χ0) is 24.8. The van der Waals surface area contributed by atoms with Crippen molar-refractivity contribution in [2.75, 3.05) is 44.1 Å². The number of hydrogen-bond acceptors (Lipinski definition) is 8. The topological polar surface area (TPSA) is 114 Å². The smallest absolute Gasteiger partial charge is 0.243 e. The number of nitrogens with zero attached hydrogens (tertiary/aromatic N) is 5. The molecular weight excluding hydrogens is 441 g/mol. The summed E-state index contributed by atoms with van der Waals surface area (Å²) in [5, 5.41) is 10.1. The minimum atomic E-state index is -0.624. The number of aromatic nitrogens is 2. The zero-order valence-electron chi connectivity index (χ0n) is 20.6. The highest BCUT2D eigenvalue weighted by molar-refractivity contribution is 5.80. The number of likely N-dealkylation sites (N-methyl/N-ethyl adjacent to an activating group) is 1. The van der Waals surface area contributed by atoms with Crippen molar-refractivity contribution in [2.45, 2.75) is 58.4 Å². The first-order valence-electron chi connectivity index (χ1n) is 12.2. The van der Waals surface area contributed by atoms with Gasteiger partial charge >= 0.3 is 0 Å². The highest BCUT2D eigenvalue weighted by Crippen LogP contribution is 2.31. The van der Waals surface area contributed by atoms with E-state index in [4.69, 9.17) is 0 Å². The molecule has 190 valence electrons. The van der Waals surface area contributed by atoms with Crippen molar-refractivity contribution in [3.8, 4) is 0 Å². The number of carbonyl (C=O) groups is 2. The number of rotatable bonds is 11. The predicted molar refractivity (Wildman–Crippen MR) is 127 cm³/mol. The first-order valence-corrected chi connectivity index (χ1v) is 12.2. The summed E-state index contributed by atoms with van der Waals surface area (Å²) in [5.74, 6) is -0.342. The van der Waals surface area contributed by atoms with Crippen molar-refractivity contribution in [3.05, 3.63) is 11.6 Å². The van der Waals surface area contributed by atoms with Crippen LogP contribution in [0.1, 0.15) is 51.8 Å². The number of nitrogens with one attached hydrogen (secondary N) is 2. The van der Waals surface area contributed by atoms with Gasteiger partial charge in [0.15, 0.2) is 11.6 Å². The van der Waals surface area contributed by atoms with Crippen LogP contribution in [-0.2, 0) is 16.0 Å². The quantitative estimate of drug-likeness (QED) is 0.251. The normalized spacial score (nSPS) is 21.7. The molecule has 10 nitrogen and oxygen atoms in total. The van der Waals surface area contributed by atoms with E-state index in [1.165, 1.54) is 0 Å². The minimum absolute atomic E-state index is 0.0907. The van der Waals surface area contributed by atoms with Crippen LogP contribution >= 0.6 is 0 Å². The van der Waals surface area contributed by atoms with E-state index in [2.05, 4.69) is 32.6 Å². The lowest BCUT2D eigenvalue weighted by molar-refractivity contribution is -0.154. The van der Waals surface area contributed by atoms with Crippen LogP contribution in [0.4, 0.5) is 16.0 Å². The summed E-state index contributed by atoms with van der Waals surface area (Å²) in [7, 11) is 4.03. The molecule has 1 aromatic rings. The third-order valence-corrected chi connectivity index (χ3v) is 7.03. The molecule has 1 saturated heterocycles. The summed E-state index contributed by atoms with van der Waals surface area (Å²) in [4.78, 5) is 36.6. The van der Waals surface area contributed by atoms with E-state index in [9.17, 15) is 14.8 Å². The van der Waals surface area contributed by atoms with Crippen LogP contribution in [0, 0.1) is 23.6 Å². The number of halogens is 1. The van der Waals surface area contributed by atoms with Crippen LogP contribution in [0.25, 0.3) is 0 Å². The van der Waals surface area contributed by atoms with Gasteiger partial charge in [-0.15, -0.1) is 0 Å². The summed E-state index contributed by atoms with van der Waals surface area (Å²) >= 11 is 0. The maximum absolute atomic E-state index is 15.5. The molecule has 0 spiro atoms. The Bertz CT molecular complexity index is 850. The van der Waals surface area contributed by atoms with Crippen molar-refractivity contribution >= 4 is 24.0 Å². The summed E-state index contributed by atoms with van der Waals surface area (Å²) in [5.41, 5.74) is 5.19. The zero-order valence-corrected chi connectivity index (χ0v) is 20.6. The molecule has 2 amide bonds. The minimum Gasteiger partial charge on any atom is -0.352 e. The SMILES string of the molecule is CCc1nc(NNC(=O)[C@H](CC2CCCC2)CN(O)C=O)c(F)c(N2CC(C)[C@H](N(C)C)C2)n1. The Labute approximate surface area is 200 Å². The number of carbonyl (C=O) groups excluding carboxylic acids is 2. The van der Waals surface area contributed by atoms with Gasteiger partial charge in [0.1, 0.15) is 5.82 Å². The fourth-order valence-corrected chi connectivity index (χ4v) is 5.13. The first-order chi connectivity index (χ1) is 16.2. The molecular formula is C23H38FN7O3. The van der Waals surface area contributed by atoms with Crippen LogP contribution in [0.3, 0.4) is 0 Å². The van der Waals surface area contributed by atoms with Gasteiger partial charge in [0.25, 0.3) is 0 Å².